The van der Waals surface area contributed by atoms with Crippen LogP contribution >= 0.6 is 39.0 Å². The molecule has 21 heavy (non-hydrogen) atoms. The molecule has 7 heteroatoms. The van der Waals surface area contributed by atoms with Gasteiger partial charge in [-0.15, -0.1) is 23.1 Å². The van der Waals surface area contributed by atoms with Crippen molar-refractivity contribution in [2.45, 2.75) is 17.1 Å². The molecule has 3 N–H and O–H groups in total. The SMILES string of the molecule is C[C@@H](Sc1ccc(Br)cc1)C(=O)Nc1sccc1C(N)=O. The Bertz CT molecular complexity index is 655. The fraction of sp³-hybridized carbons (Fsp3) is 0.143. The Hall–Kier alpha value is -1.31. The van der Waals surface area contributed by atoms with Crippen LogP contribution in [0.2, 0.25) is 0 Å². The number of carbonyl (C=O) groups excluding carboxylic acids is 2. The van der Waals surface area contributed by atoms with E-state index in [1.54, 1.807) is 11.4 Å². The van der Waals surface area contributed by atoms with Crippen molar-refractivity contribution in [3.8, 4) is 0 Å². The molecule has 4 nitrogen and oxygen atoms in total. The van der Waals surface area contributed by atoms with Crippen LogP contribution in [0.25, 0.3) is 0 Å². The number of primary amides is 1. The second-order valence-electron chi connectivity index (χ2n) is 4.23. The van der Waals surface area contributed by atoms with E-state index < -0.39 is 5.91 Å². The molecule has 110 valence electrons. The molecule has 1 aromatic carbocycles. The summed E-state index contributed by atoms with van der Waals surface area (Å²) >= 11 is 6.11. The van der Waals surface area contributed by atoms with Crippen LogP contribution in [-0.2, 0) is 4.79 Å². The van der Waals surface area contributed by atoms with Gasteiger partial charge >= 0.3 is 0 Å². The van der Waals surface area contributed by atoms with Crippen LogP contribution in [0.3, 0.4) is 0 Å². The number of halogens is 1. The van der Waals surface area contributed by atoms with Crippen LogP contribution in [0.1, 0.15) is 17.3 Å². The van der Waals surface area contributed by atoms with Crippen molar-refractivity contribution >= 4 is 55.8 Å². The lowest BCUT2D eigenvalue weighted by atomic mass is 10.3. The molecule has 0 radical (unpaired) electrons. The molecule has 2 rings (SSSR count). The van der Waals surface area contributed by atoms with E-state index in [1.165, 1.54) is 23.1 Å². The first kappa shape index (κ1) is 16.1. The summed E-state index contributed by atoms with van der Waals surface area (Å²) in [5.41, 5.74) is 5.60. The summed E-state index contributed by atoms with van der Waals surface area (Å²) in [6, 6.07) is 9.35. The normalized spacial score (nSPS) is 11.9. The Labute approximate surface area is 139 Å². The van der Waals surface area contributed by atoms with E-state index in [1.807, 2.05) is 31.2 Å². The van der Waals surface area contributed by atoms with Crippen molar-refractivity contribution in [2.75, 3.05) is 5.32 Å². The highest BCUT2D eigenvalue weighted by Crippen LogP contribution is 2.27. The van der Waals surface area contributed by atoms with E-state index in [0.29, 0.717) is 10.6 Å². The van der Waals surface area contributed by atoms with Crippen LogP contribution in [0.4, 0.5) is 5.00 Å². The molecule has 0 spiro atoms. The van der Waals surface area contributed by atoms with E-state index in [2.05, 4.69) is 21.2 Å². The molecule has 2 aromatic rings. The minimum absolute atomic E-state index is 0.159. The fourth-order valence-corrected chi connectivity index (χ4v) is 3.51. The van der Waals surface area contributed by atoms with Crippen molar-refractivity contribution < 1.29 is 9.59 Å². The van der Waals surface area contributed by atoms with Gasteiger partial charge in [-0.1, -0.05) is 15.9 Å². The van der Waals surface area contributed by atoms with Gasteiger partial charge in [0.1, 0.15) is 5.00 Å². The highest BCUT2D eigenvalue weighted by Gasteiger charge is 2.18. The Morgan fingerprint density at radius 1 is 1.29 bits per heavy atom. The van der Waals surface area contributed by atoms with Crippen LogP contribution in [0, 0.1) is 0 Å². The second kappa shape index (κ2) is 7.11. The molecule has 0 fully saturated rings. The molecule has 1 heterocycles. The van der Waals surface area contributed by atoms with Crippen LogP contribution in [-0.4, -0.2) is 17.1 Å². The van der Waals surface area contributed by atoms with Crippen molar-refractivity contribution in [3.63, 3.8) is 0 Å². The summed E-state index contributed by atoms with van der Waals surface area (Å²) in [6.45, 7) is 1.82. The van der Waals surface area contributed by atoms with Gasteiger partial charge in [0.25, 0.3) is 5.91 Å². The van der Waals surface area contributed by atoms with E-state index in [9.17, 15) is 9.59 Å². The summed E-state index contributed by atoms with van der Waals surface area (Å²) in [4.78, 5) is 24.4. The summed E-state index contributed by atoms with van der Waals surface area (Å²) in [7, 11) is 0. The number of hydrogen-bond donors (Lipinski definition) is 2. The zero-order chi connectivity index (χ0) is 15.4. The molecular formula is C14H13BrN2O2S2. The highest BCUT2D eigenvalue weighted by molar-refractivity contribution is 9.10. The number of nitrogens with one attached hydrogen (secondary N) is 1. The monoisotopic (exact) mass is 384 g/mol. The maximum atomic E-state index is 12.2. The van der Waals surface area contributed by atoms with Gasteiger partial charge in [0.15, 0.2) is 0 Å². The molecule has 0 aliphatic carbocycles. The zero-order valence-electron chi connectivity index (χ0n) is 11.1. The minimum atomic E-state index is -0.542. The average molecular weight is 385 g/mol. The summed E-state index contributed by atoms with van der Waals surface area (Å²) in [5, 5.41) is 4.69. The van der Waals surface area contributed by atoms with E-state index >= 15 is 0 Å². The van der Waals surface area contributed by atoms with Crippen molar-refractivity contribution in [3.05, 3.63) is 45.7 Å². The first-order valence-corrected chi connectivity index (χ1v) is 8.63. The van der Waals surface area contributed by atoms with Gasteiger partial charge in [-0.2, -0.15) is 0 Å². The first-order chi connectivity index (χ1) is 9.97. The maximum absolute atomic E-state index is 12.2. The van der Waals surface area contributed by atoms with Gasteiger partial charge in [0, 0.05) is 9.37 Å². The first-order valence-electron chi connectivity index (χ1n) is 6.07. The quantitative estimate of drug-likeness (QED) is 0.771. The number of rotatable bonds is 5. The molecule has 0 saturated heterocycles. The molecule has 1 aromatic heterocycles. The number of nitrogens with two attached hydrogens (primary N) is 1. The van der Waals surface area contributed by atoms with Crippen LogP contribution < -0.4 is 11.1 Å². The predicted octanol–water partition coefficient (Wildman–Crippen LogP) is 3.73. The molecule has 1 atom stereocenters. The average Bonchev–Trinajstić information content (AvgIpc) is 2.89. The van der Waals surface area contributed by atoms with E-state index in [0.717, 1.165) is 9.37 Å². The number of anilines is 1. The molecule has 2 amide bonds. The van der Waals surface area contributed by atoms with Gasteiger partial charge in [-0.3, -0.25) is 9.59 Å². The molecule has 0 bridgehead atoms. The van der Waals surface area contributed by atoms with Crippen LogP contribution in [0.15, 0.2) is 45.1 Å². The largest absolute Gasteiger partial charge is 0.366 e. The molecular weight excluding hydrogens is 372 g/mol. The molecule has 0 aliphatic rings. The standard InChI is InChI=1S/C14H13BrN2O2S2/c1-8(21-10-4-2-9(15)3-5-10)13(19)17-14-11(12(16)18)6-7-20-14/h2-8H,1H3,(H2,16,18)(H,17,19)/t8-/m1/s1. The van der Waals surface area contributed by atoms with Crippen molar-refractivity contribution in [1.29, 1.82) is 0 Å². The van der Waals surface area contributed by atoms with E-state index in [-0.39, 0.29) is 11.2 Å². The lowest BCUT2D eigenvalue weighted by Crippen LogP contribution is -2.23. The Kier molecular flexibility index (Phi) is 5.44. The topological polar surface area (TPSA) is 72.2 Å². The summed E-state index contributed by atoms with van der Waals surface area (Å²) in [6.07, 6.45) is 0. The third kappa shape index (κ3) is 4.33. The summed E-state index contributed by atoms with van der Waals surface area (Å²) < 4.78 is 0.994. The van der Waals surface area contributed by atoms with E-state index in [4.69, 9.17) is 5.73 Å². The van der Waals surface area contributed by atoms with Gasteiger partial charge in [0.05, 0.1) is 10.8 Å². The minimum Gasteiger partial charge on any atom is -0.366 e. The third-order valence-corrected chi connectivity index (χ3v) is 5.13. The number of thioether (sulfide) groups is 1. The predicted molar refractivity (Wildman–Crippen MR) is 90.9 cm³/mol. The number of thiophene rings is 1. The number of benzene rings is 1. The molecule has 0 aliphatic heterocycles. The lowest BCUT2D eigenvalue weighted by molar-refractivity contribution is -0.115. The Morgan fingerprint density at radius 3 is 2.57 bits per heavy atom. The van der Waals surface area contributed by atoms with Gasteiger partial charge in [-0.25, -0.2) is 0 Å². The number of carbonyl (C=O) groups is 2. The molecule has 0 saturated carbocycles. The van der Waals surface area contributed by atoms with Gasteiger partial charge < -0.3 is 11.1 Å². The Balaban J connectivity index is 2.01. The zero-order valence-corrected chi connectivity index (χ0v) is 14.3. The summed E-state index contributed by atoms with van der Waals surface area (Å²) in [5.74, 6) is -0.701. The van der Waals surface area contributed by atoms with Crippen LogP contribution in [0.5, 0.6) is 0 Å². The Morgan fingerprint density at radius 2 is 1.95 bits per heavy atom. The van der Waals surface area contributed by atoms with Gasteiger partial charge in [-0.05, 0) is 42.6 Å². The third-order valence-electron chi connectivity index (χ3n) is 2.66. The number of amides is 2. The maximum Gasteiger partial charge on any atom is 0.251 e. The van der Waals surface area contributed by atoms with Gasteiger partial charge in [0.2, 0.25) is 5.91 Å². The second-order valence-corrected chi connectivity index (χ2v) is 7.48. The molecule has 0 unspecified atom stereocenters. The highest BCUT2D eigenvalue weighted by atomic mass is 79.9. The smallest absolute Gasteiger partial charge is 0.251 e. The fourth-order valence-electron chi connectivity index (χ4n) is 1.58. The number of hydrogen-bond acceptors (Lipinski definition) is 4. The van der Waals surface area contributed by atoms with Crippen molar-refractivity contribution in [1.82, 2.24) is 0 Å². The lowest BCUT2D eigenvalue weighted by Gasteiger charge is -2.11. The van der Waals surface area contributed by atoms with Crippen molar-refractivity contribution in [2.24, 2.45) is 5.73 Å².